The first kappa shape index (κ1) is 39.4. The Labute approximate surface area is 385 Å². The summed E-state index contributed by atoms with van der Waals surface area (Å²) in [6.45, 7) is 6.85. The molecule has 0 saturated carbocycles. The van der Waals surface area contributed by atoms with Gasteiger partial charge in [-0.1, -0.05) is 135 Å². The van der Waals surface area contributed by atoms with Gasteiger partial charge in [0.15, 0.2) is 0 Å². The Bertz CT molecular complexity index is 3660. The number of fused-ring (bicyclic) bond motifs is 7. The molecule has 0 aliphatic carbocycles. The standard InChI is InChI=1S/C57H40N6.Pt/c1-57(2,3)49-25-24-43(40-31-38(36-15-6-4-7-16-36)32-42(33-40)62-51-23-13-11-20-45(51)46-21-14-28-59-55(46)62)53-54(49)63(41-17-8-5-9-18-41)56(61-53)48-35-39(37-26-29-58-30-27-37)34-47-44-19-10-12-22-50(44)60-52(47)48;/h4-32,34-35H,1-3H3;/q-2;+2. The second kappa shape index (κ2) is 15.4. The van der Waals surface area contributed by atoms with Crippen LogP contribution in [-0.2, 0) is 26.5 Å². The second-order valence-electron chi connectivity index (χ2n) is 17.3. The van der Waals surface area contributed by atoms with E-state index in [1.807, 2.05) is 24.7 Å². The molecule has 0 fully saturated rings. The van der Waals surface area contributed by atoms with Crippen LogP contribution in [0, 0.1) is 6.07 Å². The van der Waals surface area contributed by atoms with E-state index in [1.54, 1.807) is 0 Å². The average molecular weight is 1000 g/mol. The molecule has 0 aliphatic rings. The van der Waals surface area contributed by atoms with Crippen LogP contribution in [0.3, 0.4) is 0 Å². The summed E-state index contributed by atoms with van der Waals surface area (Å²) >= 11 is 0. The third kappa shape index (κ3) is 6.40. The van der Waals surface area contributed by atoms with Crippen LogP contribution >= 0.6 is 0 Å². The molecule has 0 bridgehead atoms. The summed E-state index contributed by atoms with van der Waals surface area (Å²) in [5.74, 6) is 0.823. The Morgan fingerprint density at radius 2 is 1.23 bits per heavy atom. The molecule has 7 heteroatoms. The summed E-state index contributed by atoms with van der Waals surface area (Å²) in [6.07, 6.45) is 5.58. The van der Waals surface area contributed by atoms with Gasteiger partial charge in [0.1, 0.15) is 11.5 Å². The number of rotatable bonds is 6. The number of nitrogens with zero attached hydrogens (tertiary/aromatic N) is 6. The molecule has 0 N–H and O–H groups in total. The zero-order valence-electron chi connectivity index (χ0n) is 35.4. The van der Waals surface area contributed by atoms with Crippen molar-refractivity contribution in [3.8, 4) is 56.1 Å². The van der Waals surface area contributed by atoms with Crippen molar-refractivity contribution >= 4 is 54.8 Å². The minimum atomic E-state index is -0.225. The van der Waals surface area contributed by atoms with Crippen molar-refractivity contribution in [2.75, 3.05) is 0 Å². The Morgan fingerprint density at radius 3 is 2.03 bits per heavy atom. The number of hydrogen-bond donors (Lipinski definition) is 0. The third-order valence-corrected chi connectivity index (χ3v) is 12.3. The molecule has 6 nitrogen and oxygen atoms in total. The van der Waals surface area contributed by atoms with E-state index in [0.29, 0.717) is 0 Å². The molecule has 0 radical (unpaired) electrons. The van der Waals surface area contributed by atoms with Crippen LogP contribution in [0.2, 0.25) is 0 Å². The predicted molar refractivity (Wildman–Crippen MR) is 259 cm³/mol. The van der Waals surface area contributed by atoms with E-state index in [4.69, 9.17) is 15.0 Å². The van der Waals surface area contributed by atoms with E-state index in [-0.39, 0.29) is 26.5 Å². The van der Waals surface area contributed by atoms with Crippen LogP contribution in [0.4, 0.5) is 0 Å². The summed E-state index contributed by atoms with van der Waals surface area (Å²) in [4.78, 5) is 20.5. The summed E-state index contributed by atoms with van der Waals surface area (Å²) in [5, 5.41) is 4.46. The maximum Gasteiger partial charge on any atom is 2.00 e. The smallest absolute Gasteiger partial charge is 0.656 e. The Balaban J connectivity index is 0.00000456. The molecule has 5 heterocycles. The summed E-state index contributed by atoms with van der Waals surface area (Å²) in [7, 11) is 0. The normalized spacial score (nSPS) is 11.9. The zero-order chi connectivity index (χ0) is 42.2. The number of aromatic nitrogens is 6. The summed E-state index contributed by atoms with van der Waals surface area (Å²) < 4.78 is 4.62. The number of imidazole rings is 1. The molecule has 308 valence electrons. The summed E-state index contributed by atoms with van der Waals surface area (Å²) in [5.41, 5.74) is 15.9. The van der Waals surface area contributed by atoms with Gasteiger partial charge in [-0.25, -0.2) is 9.97 Å². The molecule has 7 aromatic carbocycles. The van der Waals surface area contributed by atoms with Gasteiger partial charge >= 0.3 is 21.1 Å². The topological polar surface area (TPSA) is 62.6 Å². The van der Waals surface area contributed by atoms with Gasteiger partial charge in [0, 0.05) is 40.6 Å². The van der Waals surface area contributed by atoms with Crippen molar-refractivity contribution in [1.29, 1.82) is 0 Å². The fourth-order valence-electron chi connectivity index (χ4n) is 9.43. The fraction of sp³-hybridized carbons (Fsp3) is 0.0702. The van der Waals surface area contributed by atoms with Crippen LogP contribution < -0.4 is 4.98 Å². The SMILES string of the molecule is CC(C)(C)c1ccc(-c2[c-]c(-n3c4ccccc4c4cccnc43)cc(-c3ccccc3)c2)c2nc(-c3cc(-c4ccncc4)cc4c3[n-]c3ccccc34)n(-c3ccccc3)c12.[Pt+2]. The van der Waals surface area contributed by atoms with Gasteiger partial charge in [0.2, 0.25) is 0 Å². The van der Waals surface area contributed by atoms with Crippen LogP contribution in [0.25, 0.3) is 111 Å². The minimum absolute atomic E-state index is 0. The minimum Gasteiger partial charge on any atom is -0.656 e. The van der Waals surface area contributed by atoms with E-state index in [2.05, 4.69) is 205 Å². The molecule has 0 aliphatic heterocycles. The predicted octanol–water partition coefficient (Wildman–Crippen LogP) is 13.9. The number of para-hydroxylation sites is 3. The molecule has 64 heavy (non-hydrogen) atoms. The molecule has 12 rings (SSSR count). The van der Waals surface area contributed by atoms with Crippen molar-refractivity contribution in [3.63, 3.8) is 0 Å². The van der Waals surface area contributed by atoms with E-state index in [9.17, 15) is 0 Å². The molecule has 0 amide bonds. The molecule has 12 aromatic rings. The Morgan fingerprint density at radius 1 is 0.547 bits per heavy atom. The molecule has 0 saturated heterocycles. The van der Waals surface area contributed by atoms with Crippen molar-refractivity contribution in [2.24, 2.45) is 0 Å². The quantitative estimate of drug-likeness (QED) is 0.156. The van der Waals surface area contributed by atoms with Crippen LogP contribution in [0.15, 0.2) is 188 Å². The maximum atomic E-state index is 5.83. The van der Waals surface area contributed by atoms with Crippen molar-refractivity contribution < 1.29 is 21.1 Å². The first-order valence-corrected chi connectivity index (χ1v) is 21.4. The Kier molecular flexibility index (Phi) is 9.52. The third-order valence-electron chi connectivity index (χ3n) is 12.3. The molecule has 5 aromatic heterocycles. The van der Waals surface area contributed by atoms with Crippen LogP contribution in [-0.4, -0.2) is 24.1 Å². The zero-order valence-corrected chi connectivity index (χ0v) is 37.7. The number of pyridine rings is 2. The van der Waals surface area contributed by atoms with Gasteiger partial charge in [0.05, 0.1) is 16.6 Å². The Hall–Kier alpha value is -7.40. The van der Waals surface area contributed by atoms with Crippen LogP contribution in [0.5, 0.6) is 0 Å². The number of benzene rings is 7. The second-order valence-corrected chi connectivity index (χ2v) is 17.3. The van der Waals surface area contributed by atoms with Gasteiger partial charge in [-0.15, -0.1) is 34.8 Å². The molecular weight excluding hydrogens is 964 g/mol. The van der Waals surface area contributed by atoms with E-state index in [0.717, 1.165) is 111 Å². The van der Waals surface area contributed by atoms with Gasteiger partial charge in [-0.05, 0) is 98.7 Å². The maximum absolute atomic E-state index is 5.83. The molecule has 0 atom stereocenters. The summed E-state index contributed by atoms with van der Waals surface area (Å²) in [6, 6.07) is 64.0. The largest absolute Gasteiger partial charge is 2.00 e. The van der Waals surface area contributed by atoms with Crippen LogP contribution in [0.1, 0.15) is 26.3 Å². The molecular formula is C57H40N6Pt. The van der Waals surface area contributed by atoms with Crippen molar-refractivity contribution in [1.82, 2.24) is 29.1 Å². The van der Waals surface area contributed by atoms with Crippen molar-refractivity contribution in [2.45, 2.75) is 26.2 Å². The van der Waals surface area contributed by atoms with E-state index in [1.165, 1.54) is 5.56 Å². The van der Waals surface area contributed by atoms with E-state index >= 15 is 0 Å². The van der Waals surface area contributed by atoms with Gasteiger partial charge in [-0.3, -0.25) is 9.55 Å². The van der Waals surface area contributed by atoms with E-state index < -0.39 is 0 Å². The first-order valence-electron chi connectivity index (χ1n) is 21.4. The number of hydrogen-bond acceptors (Lipinski definition) is 3. The molecule has 0 spiro atoms. The average Bonchev–Trinajstić information content (AvgIpc) is 4.02. The fourth-order valence-corrected chi connectivity index (χ4v) is 9.43. The van der Waals surface area contributed by atoms with Crippen molar-refractivity contribution in [3.05, 3.63) is 200 Å². The molecule has 0 unspecified atom stereocenters. The van der Waals surface area contributed by atoms with Gasteiger partial charge < -0.3 is 9.55 Å². The first-order chi connectivity index (χ1) is 30.9. The monoisotopic (exact) mass is 1000 g/mol. The van der Waals surface area contributed by atoms with Gasteiger partial charge in [-0.2, -0.15) is 0 Å². The van der Waals surface area contributed by atoms with Gasteiger partial charge in [0.25, 0.3) is 0 Å².